The number of hydrogen-bond donors (Lipinski definition) is 0. The number of fused-ring (bicyclic) bond motifs is 1. The minimum absolute atomic E-state index is 0.103. The molecule has 27 heavy (non-hydrogen) atoms. The number of benzene rings is 1. The SMILES string of the molecule is CC(C)Oc1cc2c(cc1F)CN=C2c1cc(N2CCO[C@@H](C)C2)ncn1. The summed E-state index contributed by atoms with van der Waals surface area (Å²) in [5, 5.41) is 0. The van der Waals surface area contributed by atoms with E-state index in [0.29, 0.717) is 13.2 Å². The highest BCUT2D eigenvalue weighted by molar-refractivity contribution is 6.14. The molecule has 0 spiro atoms. The lowest BCUT2D eigenvalue weighted by Gasteiger charge is -2.32. The van der Waals surface area contributed by atoms with Gasteiger partial charge in [-0.3, -0.25) is 4.99 Å². The Kier molecular flexibility index (Phi) is 4.78. The van der Waals surface area contributed by atoms with Crippen LogP contribution in [0.25, 0.3) is 0 Å². The topological polar surface area (TPSA) is 59.8 Å². The van der Waals surface area contributed by atoms with Gasteiger partial charge in [-0.1, -0.05) is 0 Å². The summed E-state index contributed by atoms with van der Waals surface area (Å²) in [7, 11) is 0. The van der Waals surface area contributed by atoms with E-state index in [2.05, 4.69) is 26.8 Å². The van der Waals surface area contributed by atoms with E-state index in [-0.39, 0.29) is 23.8 Å². The van der Waals surface area contributed by atoms with Crippen molar-refractivity contribution in [2.45, 2.75) is 39.5 Å². The number of hydrogen-bond acceptors (Lipinski definition) is 6. The predicted molar refractivity (Wildman–Crippen MR) is 101 cm³/mol. The van der Waals surface area contributed by atoms with E-state index in [1.165, 1.54) is 6.07 Å². The number of aliphatic imine (C=N–C) groups is 1. The van der Waals surface area contributed by atoms with Crippen molar-refractivity contribution in [1.29, 1.82) is 0 Å². The van der Waals surface area contributed by atoms with Gasteiger partial charge in [-0.2, -0.15) is 0 Å². The maximum atomic E-state index is 14.3. The van der Waals surface area contributed by atoms with Crippen molar-refractivity contribution in [1.82, 2.24) is 9.97 Å². The Hall–Kier alpha value is -2.54. The first kappa shape index (κ1) is 17.9. The largest absolute Gasteiger partial charge is 0.488 e. The smallest absolute Gasteiger partial charge is 0.165 e. The minimum atomic E-state index is -0.357. The zero-order valence-corrected chi connectivity index (χ0v) is 15.8. The van der Waals surface area contributed by atoms with Gasteiger partial charge in [-0.05, 0) is 38.5 Å². The summed E-state index contributed by atoms with van der Waals surface area (Å²) in [5.41, 5.74) is 3.20. The number of rotatable bonds is 4. The molecule has 1 fully saturated rings. The lowest BCUT2D eigenvalue weighted by Crippen LogP contribution is -2.41. The molecule has 0 unspecified atom stereocenters. The van der Waals surface area contributed by atoms with Crippen LogP contribution in [0.15, 0.2) is 29.5 Å². The maximum Gasteiger partial charge on any atom is 0.165 e. The molecule has 3 heterocycles. The van der Waals surface area contributed by atoms with Crippen LogP contribution in [0.1, 0.15) is 37.6 Å². The fourth-order valence-electron chi connectivity index (χ4n) is 3.43. The molecule has 142 valence electrons. The van der Waals surface area contributed by atoms with Gasteiger partial charge in [0.2, 0.25) is 0 Å². The fourth-order valence-corrected chi connectivity index (χ4v) is 3.43. The van der Waals surface area contributed by atoms with Crippen LogP contribution in [-0.2, 0) is 11.3 Å². The number of nitrogens with zero attached hydrogens (tertiary/aromatic N) is 4. The minimum Gasteiger partial charge on any atom is -0.488 e. The molecule has 6 nitrogen and oxygen atoms in total. The van der Waals surface area contributed by atoms with Crippen molar-refractivity contribution in [2.75, 3.05) is 24.6 Å². The van der Waals surface area contributed by atoms with Gasteiger partial charge in [0.15, 0.2) is 11.6 Å². The van der Waals surface area contributed by atoms with Gasteiger partial charge in [0.25, 0.3) is 0 Å². The molecule has 2 aliphatic heterocycles. The van der Waals surface area contributed by atoms with Crippen LogP contribution in [0.3, 0.4) is 0 Å². The second-order valence-electron chi connectivity index (χ2n) is 7.16. The molecule has 4 rings (SSSR count). The van der Waals surface area contributed by atoms with Crippen LogP contribution in [0.5, 0.6) is 5.75 Å². The molecule has 0 aliphatic carbocycles. The first-order valence-electron chi connectivity index (χ1n) is 9.24. The lowest BCUT2D eigenvalue weighted by molar-refractivity contribution is 0.0529. The zero-order chi connectivity index (χ0) is 19.0. The number of aromatic nitrogens is 2. The van der Waals surface area contributed by atoms with Crippen molar-refractivity contribution < 1.29 is 13.9 Å². The summed E-state index contributed by atoms with van der Waals surface area (Å²) in [6.07, 6.45) is 1.62. The summed E-state index contributed by atoms with van der Waals surface area (Å²) in [6, 6.07) is 5.18. The lowest BCUT2D eigenvalue weighted by atomic mass is 10.0. The van der Waals surface area contributed by atoms with E-state index in [1.807, 2.05) is 19.9 Å². The van der Waals surface area contributed by atoms with Crippen LogP contribution < -0.4 is 9.64 Å². The van der Waals surface area contributed by atoms with E-state index in [1.54, 1.807) is 12.4 Å². The van der Waals surface area contributed by atoms with Crippen molar-refractivity contribution in [3.8, 4) is 5.75 Å². The van der Waals surface area contributed by atoms with Gasteiger partial charge >= 0.3 is 0 Å². The van der Waals surface area contributed by atoms with Crippen molar-refractivity contribution in [2.24, 2.45) is 4.99 Å². The quantitative estimate of drug-likeness (QED) is 0.828. The molecular formula is C20H23FN4O2. The molecule has 0 amide bonds. The monoisotopic (exact) mass is 370 g/mol. The van der Waals surface area contributed by atoms with Crippen LogP contribution in [0.4, 0.5) is 10.2 Å². The average molecular weight is 370 g/mol. The fraction of sp³-hybridized carbons (Fsp3) is 0.450. The average Bonchev–Trinajstić information content (AvgIpc) is 3.04. The molecule has 0 saturated carbocycles. The van der Waals surface area contributed by atoms with Gasteiger partial charge in [0.05, 0.1) is 36.8 Å². The highest BCUT2D eigenvalue weighted by atomic mass is 19.1. The predicted octanol–water partition coefficient (Wildman–Crippen LogP) is 2.98. The van der Waals surface area contributed by atoms with Crippen molar-refractivity contribution in [3.63, 3.8) is 0 Å². The van der Waals surface area contributed by atoms with Crippen molar-refractivity contribution in [3.05, 3.63) is 47.2 Å². The van der Waals surface area contributed by atoms with E-state index in [0.717, 1.165) is 41.4 Å². The molecular weight excluding hydrogens is 347 g/mol. The Morgan fingerprint density at radius 2 is 2.11 bits per heavy atom. The van der Waals surface area contributed by atoms with Crippen LogP contribution >= 0.6 is 0 Å². The number of morpholine rings is 1. The van der Waals surface area contributed by atoms with Crippen molar-refractivity contribution >= 4 is 11.5 Å². The van der Waals surface area contributed by atoms with E-state index >= 15 is 0 Å². The second-order valence-corrected chi connectivity index (χ2v) is 7.16. The summed E-state index contributed by atoms with van der Waals surface area (Å²) in [6.45, 7) is 8.51. The molecule has 2 aromatic rings. The Morgan fingerprint density at radius 3 is 2.89 bits per heavy atom. The molecule has 1 aromatic heterocycles. The third-order valence-electron chi connectivity index (χ3n) is 4.64. The van der Waals surface area contributed by atoms with Gasteiger partial charge in [-0.15, -0.1) is 0 Å². The first-order valence-corrected chi connectivity index (χ1v) is 9.24. The molecule has 7 heteroatoms. The number of anilines is 1. The molecule has 1 aromatic carbocycles. The first-order chi connectivity index (χ1) is 13.0. The molecule has 0 bridgehead atoms. The number of halogens is 1. The zero-order valence-electron chi connectivity index (χ0n) is 15.8. The third kappa shape index (κ3) is 3.64. The van der Waals surface area contributed by atoms with E-state index in [9.17, 15) is 4.39 Å². The summed E-state index contributed by atoms with van der Waals surface area (Å²) >= 11 is 0. The Balaban J connectivity index is 1.65. The Labute approximate surface area is 158 Å². The highest BCUT2D eigenvalue weighted by Crippen LogP contribution is 2.30. The van der Waals surface area contributed by atoms with Crippen LogP contribution in [0, 0.1) is 5.82 Å². The highest BCUT2D eigenvalue weighted by Gasteiger charge is 2.24. The van der Waals surface area contributed by atoms with Gasteiger partial charge < -0.3 is 14.4 Å². The van der Waals surface area contributed by atoms with Crippen LogP contribution in [-0.4, -0.2) is 47.6 Å². The molecule has 0 N–H and O–H groups in total. The van der Waals surface area contributed by atoms with Crippen LogP contribution in [0.2, 0.25) is 0 Å². The normalized spacial score (nSPS) is 19.2. The van der Waals surface area contributed by atoms with Gasteiger partial charge in [-0.25, -0.2) is 14.4 Å². The third-order valence-corrected chi connectivity index (χ3v) is 4.64. The molecule has 1 atom stereocenters. The Bertz CT molecular complexity index is 884. The number of ether oxygens (including phenoxy) is 2. The molecule has 0 radical (unpaired) electrons. The molecule has 1 saturated heterocycles. The van der Waals surface area contributed by atoms with E-state index < -0.39 is 0 Å². The second kappa shape index (κ2) is 7.23. The molecule has 2 aliphatic rings. The van der Waals surface area contributed by atoms with Gasteiger partial charge in [0.1, 0.15) is 12.1 Å². The van der Waals surface area contributed by atoms with E-state index in [4.69, 9.17) is 9.47 Å². The maximum absolute atomic E-state index is 14.3. The summed E-state index contributed by atoms with van der Waals surface area (Å²) in [4.78, 5) is 15.6. The Morgan fingerprint density at radius 1 is 1.26 bits per heavy atom. The van der Waals surface area contributed by atoms with Gasteiger partial charge in [0, 0.05) is 24.7 Å². The summed E-state index contributed by atoms with van der Waals surface area (Å²) in [5.74, 6) is 0.742. The summed E-state index contributed by atoms with van der Waals surface area (Å²) < 4.78 is 25.5. The standard InChI is InChI=1S/C20H23FN4O2/c1-12(2)27-18-7-15-14(6-16(18)21)9-22-20(15)17-8-19(24-11-23-17)25-4-5-26-13(3)10-25/h6-8,11-13H,4-5,9-10H2,1-3H3/t13-/m0/s1.